The van der Waals surface area contributed by atoms with Crippen LogP contribution in [0.3, 0.4) is 0 Å². The van der Waals surface area contributed by atoms with E-state index in [1.807, 2.05) is 60.7 Å². The van der Waals surface area contributed by atoms with Crippen LogP contribution in [0.1, 0.15) is 5.69 Å². The molecule has 0 aliphatic heterocycles. The van der Waals surface area contributed by atoms with Crippen molar-refractivity contribution in [2.24, 2.45) is 5.92 Å². The molecular weight excluding hydrogens is 348 g/mol. The number of aliphatic hydroxyl groups excluding tert-OH is 1. The summed E-state index contributed by atoms with van der Waals surface area (Å²) in [4.78, 5) is 13.8. The Labute approximate surface area is 164 Å². The van der Waals surface area contributed by atoms with Crippen LogP contribution in [0, 0.1) is 5.92 Å². The van der Waals surface area contributed by atoms with E-state index < -0.39 is 0 Å². The maximum Gasteiger partial charge on any atom is 0.223 e. The van der Waals surface area contributed by atoms with E-state index in [1.54, 1.807) is 6.20 Å². The Bertz CT molecular complexity index is 1040. The molecule has 2 aromatic heterocycles. The van der Waals surface area contributed by atoms with Gasteiger partial charge in [-0.05, 0) is 24.6 Å². The SMILES string of the molecule is OCC(CNc1nc(-c2ccccc2)c2ccccc2n1)Cc1ccccn1. The third-order valence-electron chi connectivity index (χ3n) is 4.68. The van der Waals surface area contributed by atoms with E-state index >= 15 is 0 Å². The molecule has 0 aliphatic rings. The van der Waals surface area contributed by atoms with Crippen molar-refractivity contribution in [3.8, 4) is 11.3 Å². The Balaban J connectivity index is 1.58. The van der Waals surface area contributed by atoms with Crippen molar-refractivity contribution in [1.82, 2.24) is 15.0 Å². The molecule has 28 heavy (non-hydrogen) atoms. The van der Waals surface area contributed by atoms with Crippen molar-refractivity contribution in [3.63, 3.8) is 0 Å². The lowest BCUT2D eigenvalue weighted by Crippen LogP contribution is -2.21. The summed E-state index contributed by atoms with van der Waals surface area (Å²) in [6.45, 7) is 0.641. The minimum absolute atomic E-state index is 0.0325. The molecule has 2 aromatic carbocycles. The van der Waals surface area contributed by atoms with Crippen LogP contribution >= 0.6 is 0 Å². The molecule has 1 unspecified atom stereocenters. The van der Waals surface area contributed by atoms with Crippen LogP contribution in [0.15, 0.2) is 79.0 Å². The van der Waals surface area contributed by atoms with E-state index in [9.17, 15) is 5.11 Å². The lowest BCUT2D eigenvalue weighted by molar-refractivity contribution is 0.231. The molecule has 4 aromatic rings. The summed E-state index contributed by atoms with van der Waals surface area (Å²) in [7, 11) is 0. The van der Waals surface area contributed by atoms with Gasteiger partial charge in [0.15, 0.2) is 0 Å². The minimum atomic E-state index is 0.0325. The van der Waals surface area contributed by atoms with Crippen molar-refractivity contribution in [2.75, 3.05) is 18.5 Å². The zero-order valence-corrected chi connectivity index (χ0v) is 15.5. The molecule has 0 amide bonds. The molecule has 4 rings (SSSR count). The molecule has 2 heterocycles. The standard InChI is InChI=1S/C23H22N4O/c28-16-17(14-19-10-6-7-13-24-19)15-25-23-26-21-12-5-4-11-20(21)22(27-23)18-8-2-1-3-9-18/h1-13,17,28H,14-16H2,(H,25,26,27). The van der Waals surface area contributed by atoms with Crippen molar-refractivity contribution in [1.29, 1.82) is 0 Å². The number of benzene rings is 2. The molecule has 0 fully saturated rings. The Morgan fingerprint density at radius 2 is 1.64 bits per heavy atom. The van der Waals surface area contributed by atoms with Crippen molar-refractivity contribution >= 4 is 16.9 Å². The normalized spacial score (nSPS) is 12.0. The summed E-state index contributed by atoms with van der Waals surface area (Å²) in [5.74, 6) is 0.599. The second-order valence-electron chi connectivity index (χ2n) is 6.73. The number of fused-ring (bicyclic) bond motifs is 1. The van der Waals surface area contributed by atoms with E-state index in [0.717, 1.165) is 27.9 Å². The first-order chi connectivity index (χ1) is 13.8. The van der Waals surface area contributed by atoms with Gasteiger partial charge in [-0.3, -0.25) is 4.98 Å². The molecular formula is C23H22N4O. The number of para-hydroxylation sites is 1. The molecule has 0 radical (unpaired) electrons. The predicted octanol–water partition coefficient (Wildman–Crippen LogP) is 3.95. The lowest BCUT2D eigenvalue weighted by Gasteiger charge is -2.16. The zero-order chi connectivity index (χ0) is 19.2. The van der Waals surface area contributed by atoms with E-state index in [-0.39, 0.29) is 12.5 Å². The van der Waals surface area contributed by atoms with Crippen LogP contribution in [0.25, 0.3) is 22.2 Å². The van der Waals surface area contributed by atoms with Crippen LogP contribution in [0.4, 0.5) is 5.95 Å². The summed E-state index contributed by atoms with van der Waals surface area (Å²) in [6, 6.07) is 24.0. The Kier molecular flexibility index (Phi) is 5.54. The molecule has 0 saturated heterocycles. The highest BCUT2D eigenvalue weighted by Gasteiger charge is 2.13. The molecule has 1 atom stereocenters. The number of nitrogens with one attached hydrogen (secondary N) is 1. The maximum atomic E-state index is 9.76. The van der Waals surface area contributed by atoms with Crippen molar-refractivity contribution in [3.05, 3.63) is 84.7 Å². The number of rotatable bonds is 7. The third kappa shape index (κ3) is 4.15. The highest BCUT2D eigenvalue weighted by Crippen LogP contribution is 2.27. The fourth-order valence-electron chi connectivity index (χ4n) is 3.22. The van der Waals surface area contributed by atoms with Gasteiger partial charge >= 0.3 is 0 Å². The van der Waals surface area contributed by atoms with Crippen LogP contribution in [-0.4, -0.2) is 33.2 Å². The van der Waals surface area contributed by atoms with Gasteiger partial charge < -0.3 is 10.4 Å². The number of nitrogens with zero attached hydrogens (tertiary/aromatic N) is 3. The van der Waals surface area contributed by atoms with Gasteiger partial charge in [0.1, 0.15) is 0 Å². The van der Waals surface area contributed by atoms with E-state index in [2.05, 4.69) is 27.4 Å². The molecule has 0 bridgehead atoms. The van der Waals surface area contributed by atoms with Gasteiger partial charge in [0.25, 0.3) is 0 Å². The Morgan fingerprint density at radius 1 is 0.857 bits per heavy atom. The Morgan fingerprint density at radius 3 is 2.43 bits per heavy atom. The molecule has 2 N–H and O–H groups in total. The van der Waals surface area contributed by atoms with Crippen molar-refractivity contribution < 1.29 is 5.11 Å². The zero-order valence-electron chi connectivity index (χ0n) is 15.5. The van der Waals surface area contributed by atoms with Crippen molar-refractivity contribution in [2.45, 2.75) is 6.42 Å². The Hall–Kier alpha value is -3.31. The average Bonchev–Trinajstić information content (AvgIpc) is 2.77. The third-order valence-corrected chi connectivity index (χ3v) is 4.68. The van der Waals surface area contributed by atoms with E-state index in [0.29, 0.717) is 18.9 Å². The largest absolute Gasteiger partial charge is 0.396 e. The topological polar surface area (TPSA) is 70.9 Å². The highest BCUT2D eigenvalue weighted by atomic mass is 16.3. The summed E-state index contributed by atoms with van der Waals surface area (Å²) in [5, 5.41) is 14.1. The fourth-order valence-corrected chi connectivity index (χ4v) is 3.22. The number of hydrogen-bond acceptors (Lipinski definition) is 5. The molecule has 5 heteroatoms. The molecule has 140 valence electrons. The van der Waals surface area contributed by atoms with Crippen LogP contribution < -0.4 is 5.32 Å². The van der Waals surface area contributed by atoms with Gasteiger partial charge in [-0.2, -0.15) is 0 Å². The van der Waals surface area contributed by atoms with Gasteiger partial charge in [-0.25, -0.2) is 9.97 Å². The van der Waals surface area contributed by atoms with Gasteiger partial charge in [-0.1, -0.05) is 54.6 Å². The van der Waals surface area contributed by atoms with E-state index in [1.165, 1.54) is 0 Å². The summed E-state index contributed by atoms with van der Waals surface area (Å²) < 4.78 is 0. The first-order valence-corrected chi connectivity index (χ1v) is 9.40. The number of aromatic nitrogens is 3. The summed E-state index contributed by atoms with van der Waals surface area (Å²) >= 11 is 0. The van der Waals surface area contributed by atoms with Gasteiger partial charge in [-0.15, -0.1) is 0 Å². The lowest BCUT2D eigenvalue weighted by atomic mass is 10.0. The second kappa shape index (κ2) is 8.59. The first kappa shape index (κ1) is 18.1. The van der Waals surface area contributed by atoms with Gasteiger partial charge in [0, 0.05) is 41.9 Å². The van der Waals surface area contributed by atoms with Gasteiger partial charge in [0.2, 0.25) is 5.95 Å². The molecule has 0 saturated carbocycles. The van der Waals surface area contributed by atoms with Crippen LogP contribution in [0.2, 0.25) is 0 Å². The molecule has 5 nitrogen and oxygen atoms in total. The van der Waals surface area contributed by atoms with E-state index in [4.69, 9.17) is 4.98 Å². The van der Waals surface area contributed by atoms with Crippen LogP contribution in [0.5, 0.6) is 0 Å². The average molecular weight is 370 g/mol. The predicted molar refractivity (Wildman–Crippen MR) is 112 cm³/mol. The first-order valence-electron chi connectivity index (χ1n) is 9.40. The monoisotopic (exact) mass is 370 g/mol. The quantitative estimate of drug-likeness (QED) is 0.515. The minimum Gasteiger partial charge on any atom is -0.396 e. The smallest absolute Gasteiger partial charge is 0.223 e. The van der Waals surface area contributed by atoms with Crippen LogP contribution in [-0.2, 0) is 6.42 Å². The number of anilines is 1. The number of hydrogen-bond donors (Lipinski definition) is 2. The number of pyridine rings is 1. The maximum absolute atomic E-state index is 9.76. The molecule has 0 spiro atoms. The van der Waals surface area contributed by atoms with Gasteiger partial charge in [0.05, 0.1) is 11.2 Å². The number of aliphatic hydroxyl groups is 1. The summed E-state index contributed by atoms with van der Waals surface area (Å²) in [6.07, 6.45) is 2.47. The fraction of sp³-hybridized carbons (Fsp3) is 0.174. The summed E-state index contributed by atoms with van der Waals surface area (Å²) in [5.41, 5.74) is 3.81. The molecule has 0 aliphatic carbocycles. The second-order valence-corrected chi connectivity index (χ2v) is 6.73. The highest BCUT2D eigenvalue weighted by molar-refractivity contribution is 5.93.